The Morgan fingerprint density at radius 2 is 1.78 bits per heavy atom. The van der Waals surface area contributed by atoms with Crippen molar-refractivity contribution in [3.05, 3.63) is 108 Å². The summed E-state index contributed by atoms with van der Waals surface area (Å²) in [4.78, 5) is 16.3. The summed E-state index contributed by atoms with van der Waals surface area (Å²) < 4.78 is 10.9. The van der Waals surface area contributed by atoms with Gasteiger partial charge in [-0.1, -0.05) is 80.8 Å². The normalized spacial score (nSPS) is 25.5. The molecule has 1 heterocycles. The Morgan fingerprint density at radius 3 is 2.33 bits per heavy atom. The van der Waals surface area contributed by atoms with E-state index in [1.807, 2.05) is 41.3 Å². The number of ether oxygens (including phenoxy) is 2. The smallest absolute Gasteiger partial charge is 0.234 e. The van der Waals surface area contributed by atoms with Crippen molar-refractivity contribution in [2.45, 2.75) is 32.4 Å². The molecule has 0 saturated carbocycles. The van der Waals surface area contributed by atoms with Gasteiger partial charge in [-0.05, 0) is 53.0 Å². The van der Waals surface area contributed by atoms with Gasteiger partial charge in [0, 0.05) is 12.2 Å². The molecule has 1 aliphatic carbocycles. The number of benzene rings is 2. The van der Waals surface area contributed by atoms with Crippen LogP contribution in [0.25, 0.3) is 5.70 Å². The minimum atomic E-state index is -0.436. The number of amides is 1. The average molecular weight is 485 g/mol. The number of piperidine rings is 1. The summed E-state index contributed by atoms with van der Waals surface area (Å²) in [7, 11) is 3.25. The fraction of sp³-hybridized carbons (Fsp3) is 0.323. The van der Waals surface area contributed by atoms with Crippen LogP contribution in [0.5, 0.6) is 5.75 Å². The molecule has 4 unspecified atom stereocenters. The monoisotopic (exact) mass is 484 g/mol. The summed E-state index contributed by atoms with van der Waals surface area (Å²) in [6, 6.07) is 15.8. The molecule has 36 heavy (non-hydrogen) atoms. The molecule has 2 aliphatic rings. The van der Waals surface area contributed by atoms with Crippen LogP contribution in [0.1, 0.15) is 42.5 Å². The van der Waals surface area contributed by atoms with Crippen molar-refractivity contribution in [1.82, 2.24) is 4.90 Å². The molecule has 4 atom stereocenters. The molecule has 188 valence electrons. The second-order valence-corrected chi connectivity index (χ2v) is 9.96. The minimum absolute atomic E-state index is 0.0277. The molecular weight excluding hydrogens is 448 g/mol. The summed E-state index contributed by atoms with van der Waals surface area (Å²) in [6.45, 7) is 10.7. The molecule has 5 heteroatoms. The second-order valence-electron chi connectivity index (χ2n) is 9.96. The Hall–Kier alpha value is -3.73. The highest BCUT2D eigenvalue weighted by molar-refractivity contribution is 5.83. The van der Waals surface area contributed by atoms with Crippen molar-refractivity contribution >= 4 is 11.6 Å². The highest BCUT2D eigenvalue weighted by Gasteiger charge is 2.50. The molecule has 1 aliphatic heterocycles. The van der Waals surface area contributed by atoms with Gasteiger partial charge in [-0.15, -0.1) is 0 Å². The third-order valence-electron chi connectivity index (χ3n) is 7.72. The Morgan fingerprint density at radius 1 is 1.08 bits per heavy atom. The first-order chi connectivity index (χ1) is 17.3. The third kappa shape index (κ3) is 4.97. The van der Waals surface area contributed by atoms with Crippen LogP contribution in [0.4, 0.5) is 0 Å². The van der Waals surface area contributed by atoms with E-state index in [4.69, 9.17) is 15.2 Å². The van der Waals surface area contributed by atoms with E-state index in [1.165, 1.54) is 0 Å². The second kappa shape index (κ2) is 10.5. The zero-order valence-electron chi connectivity index (χ0n) is 21.4. The van der Waals surface area contributed by atoms with Gasteiger partial charge in [0.1, 0.15) is 11.5 Å². The third-order valence-corrected chi connectivity index (χ3v) is 7.72. The zero-order valence-corrected chi connectivity index (χ0v) is 21.4. The maximum absolute atomic E-state index is 14.3. The lowest BCUT2D eigenvalue weighted by Gasteiger charge is -2.49. The molecule has 2 N–H and O–H groups in total. The number of carbonyl (C=O) groups is 1. The van der Waals surface area contributed by atoms with Crippen LogP contribution in [-0.4, -0.2) is 25.0 Å². The van der Waals surface area contributed by atoms with E-state index < -0.39 is 5.92 Å². The zero-order chi connectivity index (χ0) is 25.9. The fourth-order valence-corrected chi connectivity index (χ4v) is 5.52. The fourth-order valence-electron chi connectivity index (χ4n) is 5.52. The van der Waals surface area contributed by atoms with E-state index in [0.717, 1.165) is 35.3 Å². The van der Waals surface area contributed by atoms with Crippen LogP contribution in [0, 0.1) is 17.3 Å². The average Bonchev–Trinajstić information content (AvgIpc) is 2.90. The van der Waals surface area contributed by atoms with Gasteiger partial charge < -0.3 is 20.1 Å². The summed E-state index contributed by atoms with van der Waals surface area (Å²) in [6.07, 6.45) is 10.2. The highest BCUT2D eigenvalue weighted by Crippen LogP contribution is 2.51. The molecule has 5 nitrogen and oxygen atoms in total. The van der Waals surface area contributed by atoms with Crippen LogP contribution in [0.15, 0.2) is 91.8 Å². The van der Waals surface area contributed by atoms with Crippen LogP contribution >= 0.6 is 0 Å². The molecule has 0 spiro atoms. The lowest BCUT2D eigenvalue weighted by atomic mass is 9.62. The Bertz CT molecular complexity index is 1180. The SMILES string of the molecule is C=C(N)c1ccc(C2CC(C3(C)C=CC=CC3)C(C(=C)OC)C(=O)N2Cc2ccc(OC)cc2)cc1. The van der Waals surface area contributed by atoms with E-state index in [1.54, 1.807) is 14.2 Å². The maximum Gasteiger partial charge on any atom is 0.234 e. The Labute approximate surface area is 214 Å². The van der Waals surface area contributed by atoms with E-state index in [2.05, 4.69) is 56.5 Å². The van der Waals surface area contributed by atoms with Gasteiger partial charge in [0.15, 0.2) is 0 Å². The van der Waals surface area contributed by atoms with Crippen molar-refractivity contribution < 1.29 is 14.3 Å². The van der Waals surface area contributed by atoms with E-state index in [9.17, 15) is 4.79 Å². The largest absolute Gasteiger partial charge is 0.501 e. The Balaban J connectivity index is 1.77. The van der Waals surface area contributed by atoms with Crippen LogP contribution in [-0.2, 0) is 16.1 Å². The molecule has 4 rings (SSSR count). The lowest BCUT2D eigenvalue weighted by molar-refractivity contribution is -0.149. The van der Waals surface area contributed by atoms with E-state index >= 15 is 0 Å². The number of hydrogen-bond acceptors (Lipinski definition) is 4. The number of nitrogens with zero attached hydrogens (tertiary/aromatic N) is 1. The van der Waals surface area contributed by atoms with Crippen LogP contribution in [0.3, 0.4) is 0 Å². The number of rotatable bonds is 8. The van der Waals surface area contributed by atoms with Gasteiger partial charge in [-0.25, -0.2) is 0 Å². The van der Waals surface area contributed by atoms with Crippen molar-refractivity contribution in [3.63, 3.8) is 0 Å². The summed E-state index contributed by atoms with van der Waals surface area (Å²) >= 11 is 0. The van der Waals surface area contributed by atoms with Crippen LogP contribution < -0.4 is 10.5 Å². The van der Waals surface area contributed by atoms with Crippen molar-refractivity contribution in [2.24, 2.45) is 23.0 Å². The maximum atomic E-state index is 14.3. The van der Waals surface area contributed by atoms with Gasteiger partial charge in [0.25, 0.3) is 0 Å². The molecular formula is C31H36N2O3. The molecule has 0 bridgehead atoms. The van der Waals surface area contributed by atoms with Crippen molar-refractivity contribution in [2.75, 3.05) is 14.2 Å². The van der Waals surface area contributed by atoms with Gasteiger partial charge in [0.05, 0.1) is 26.2 Å². The number of allylic oxidation sites excluding steroid dienone is 4. The predicted molar refractivity (Wildman–Crippen MR) is 145 cm³/mol. The quantitative estimate of drug-likeness (QED) is 0.466. The van der Waals surface area contributed by atoms with Crippen LogP contribution in [0.2, 0.25) is 0 Å². The van der Waals surface area contributed by atoms with E-state index in [-0.39, 0.29) is 23.3 Å². The summed E-state index contributed by atoms with van der Waals surface area (Å²) in [5.74, 6) is 0.930. The minimum Gasteiger partial charge on any atom is -0.501 e. The van der Waals surface area contributed by atoms with Crippen molar-refractivity contribution in [3.8, 4) is 5.75 Å². The standard InChI is InChI=1S/C31H36N2O3/c1-21(32)24-11-13-25(14-12-24)28-19-27(31(3)17-7-6-8-18-31)29(22(2)35-4)30(34)33(28)20-23-9-15-26(36-5)16-10-23/h6-17,27-29H,1-2,18-20,32H2,3-5H3. The lowest BCUT2D eigenvalue weighted by Crippen LogP contribution is -2.51. The first-order valence-corrected chi connectivity index (χ1v) is 12.3. The molecule has 1 fully saturated rings. The van der Waals surface area contributed by atoms with Gasteiger partial charge >= 0.3 is 0 Å². The molecule has 2 aromatic rings. The van der Waals surface area contributed by atoms with Gasteiger partial charge in [-0.3, -0.25) is 4.79 Å². The molecule has 0 aromatic heterocycles. The number of nitrogens with two attached hydrogens (primary N) is 1. The number of hydrogen-bond donors (Lipinski definition) is 1. The first kappa shape index (κ1) is 25.4. The molecule has 2 aromatic carbocycles. The summed E-state index contributed by atoms with van der Waals surface area (Å²) in [5.41, 5.74) is 9.25. The van der Waals surface area contributed by atoms with Gasteiger partial charge in [0.2, 0.25) is 5.91 Å². The van der Waals surface area contributed by atoms with Crippen molar-refractivity contribution in [1.29, 1.82) is 0 Å². The van der Waals surface area contributed by atoms with E-state index in [0.29, 0.717) is 18.0 Å². The number of likely N-dealkylation sites (tertiary alicyclic amines) is 1. The molecule has 1 saturated heterocycles. The van der Waals surface area contributed by atoms with Gasteiger partial charge in [-0.2, -0.15) is 0 Å². The molecule has 0 radical (unpaired) electrons. The molecule has 1 amide bonds. The number of methoxy groups -OCH3 is 2. The number of carbonyl (C=O) groups excluding carboxylic acids is 1. The summed E-state index contributed by atoms with van der Waals surface area (Å²) in [5, 5.41) is 0. The predicted octanol–water partition coefficient (Wildman–Crippen LogP) is 6.01. The highest BCUT2D eigenvalue weighted by atomic mass is 16.5. The first-order valence-electron chi connectivity index (χ1n) is 12.3. The Kier molecular flexibility index (Phi) is 7.39. The topological polar surface area (TPSA) is 64.8 Å².